The van der Waals surface area contributed by atoms with Gasteiger partial charge in [0.1, 0.15) is 16.8 Å². The Morgan fingerprint density at radius 3 is 3.24 bits per heavy atom. The van der Waals surface area contributed by atoms with Crippen molar-refractivity contribution in [2.45, 2.75) is 6.10 Å². The first-order chi connectivity index (χ1) is 8.19. The van der Waals surface area contributed by atoms with Gasteiger partial charge in [0.2, 0.25) is 0 Å². The van der Waals surface area contributed by atoms with E-state index in [9.17, 15) is 0 Å². The van der Waals surface area contributed by atoms with Crippen molar-refractivity contribution in [2.75, 3.05) is 18.9 Å². The summed E-state index contributed by atoms with van der Waals surface area (Å²) >= 11 is 7.39. The number of anilines is 1. The molecule has 7 heteroatoms. The Bertz CT molecular complexity index is 586. The summed E-state index contributed by atoms with van der Waals surface area (Å²) in [6.07, 6.45) is -0.360. The number of aromatic nitrogens is 1. The minimum Gasteiger partial charge on any atom is -0.484 e. The Morgan fingerprint density at radius 1 is 1.65 bits per heavy atom. The Hall–Kier alpha value is -1.24. The zero-order chi connectivity index (χ0) is 12.0. The molecule has 0 unspecified atom stereocenters. The molecule has 1 atom stereocenters. The van der Waals surface area contributed by atoms with Crippen LogP contribution in [0.4, 0.5) is 5.13 Å². The second kappa shape index (κ2) is 3.90. The minimum atomic E-state index is -0.360. The van der Waals surface area contributed by atoms with Gasteiger partial charge in [-0.05, 0) is 0 Å². The molecule has 1 aliphatic heterocycles. The first-order valence-electron chi connectivity index (χ1n) is 4.98. The smallest absolute Gasteiger partial charge is 0.181 e. The first-order valence-corrected chi connectivity index (χ1v) is 6.17. The average molecular weight is 273 g/mol. The number of ether oxygens (including phenoxy) is 2. The third kappa shape index (κ3) is 1.69. The minimum absolute atomic E-state index is 0.0973. The van der Waals surface area contributed by atoms with Crippen LogP contribution in [0.1, 0.15) is 0 Å². The zero-order valence-electron chi connectivity index (χ0n) is 8.64. The van der Waals surface area contributed by atoms with E-state index >= 15 is 0 Å². The van der Waals surface area contributed by atoms with Crippen LogP contribution in [0.3, 0.4) is 0 Å². The van der Waals surface area contributed by atoms with Gasteiger partial charge in [0.25, 0.3) is 0 Å². The van der Waals surface area contributed by atoms with Crippen molar-refractivity contribution in [1.29, 1.82) is 0 Å². The molecule has 17 heavy (non-hydrogen) atoms. The molecule has 1 aromatic heterocycles. The summed E-state index contributed by atoms with van der Waals surface area (Å²) in [7, 11) is 0. The van der Waals surface area contributed by atoms with Gasteiger partial charge in [0.15, 0.2) is 22.7 Å². The topological polar surface area (TPSA) is 77.6 Å². The number of rotatable bonds is 1. The Labute approximate surface area is 106 Å². The molecule has 1 aromatic carbocycles. The SMILES string of the molecule is Nc1nc2c(Cl)cc3c(c2s1)OC[C@H](CO)O3. The summed E-state index contributed by atoms with van der Waals surface area (Å²) in [6, 6.07) is 1.64. The fourth-order valence-corrected chi connectivity index (χ4v) is 2.86. The van der Waals surface area contributed by atoms with E-state index in [1.165, 1.54) is 11.3 Å². The summed E-state index contributed by atoms with van der Waals surface area (Å²) in [5.74, 6) is 1.12. The first kappa shape index (κ1) is 10.9. The summed E-state index contributed by atoms with van der Waals surface area (Å²) in [5, 5.41) is 9.94. The normalized spacial score (nSPS) is 18.6. The number of halogens is 1. The second-order valence-electron chi connectivity index (χ2n) is 3.65. The summed E-state index contributed by atoms with van der Waals surface area (Å²) < 4.78 is 11.9. The molecule has 0 aliphatic carbocycles. The number of thiazole rings is 1. The molecule has 0 bridgehead atoms. The molecule has 0 radical (unpaired) electrons. The highest BCUT2D eigenvalue weighted by atomic mass is 35.5. The number of aliphatic hydroxyl groups is 1. The summed E-state index contributed by atoms with van der Waals surface area (Å²) in [4.78, 5) is 4.14. The maximum Gasteiger partial charge on any atom is 0.181 e. The van der Waals surface area contributed by atoms with Crippen LogP contribution in [-0.4, -0.2) is 29.4 Å². The highest BCUT2D eigenvalue weighted by molar-refractivity contribution is 7.22. The predicted octanol–water partition coefficient (Wildman–Crippen LogP) is 1.66. The molecule has 3 rings (SSSR count). The van der Waals surface area contributed by atoms with Gasteiger partial charge in [0.05, 0.1) is 11.6 Å². The highest BCUT2D eigenvalue weighted by Crippen LogP contribution is 2.45. The lowest BCUT2D eigenvalue weighted by atomic mass is 10.2. The Kier molecular flexibility index (Phi) is 2.50. The van der Waals surface area contributed by atoms with Crippen LogP contribution in [0.2, 0.25) is 5.02 Å². The second-order valence-corrected chi connectivity index (χ2v) is 5.09. The van der Waals surface area contributed by atoms with Crippen molar-refractivity contribution < 1.29 is 14.6 Å². The lowest BCUT2D eigenvalue weighted by Gasteiger charge is -2.25. The quantitative estimate of drug-likeness (QED) is 0.826. The Balaban J connectivity index is 2.20. The number of nitrogen functional groups attached to an aromatic ring is 1. The maximum atomic E-state index is 9.04. The molecule has 3 N–H and O–H groups in total. The van der Waals surface area contributed by atoms with Crippen LogP contribution in [0.15, 0.2) is 6.07 Å². The van der Waals surface area contributed by atoms with Crippen molar-refractivity contribution >= 4 is 38.3 Å². The molecular formula is C10H9ClN2O3S. The summed E-state index contributed by atoms with van der Waals surface area (Å²) in [5.41, 5.74) is 6.28. The fourth-order valence-electron chi connectivity index (χ4n) is 1.72. The molecule has 2 aromatic rings. The summed E-state index contributed by atoms with van der Waals surface area (Å²) in [6.45, 7) is 0.206. The third-order valence-corrected chi connectivity index (χ3v) is 3.64. The number of benzene rings is 1. The van der Waals surface area contributed by atoms with E-state index < -0.39 is 0 Å². The molecule has 2 heterocycles. The lowest BCUT2D eigenvalue weighted by Crippen LogP contribution is -2.32. The van der Waals surface area contributed by atoms with Gasteiger partial charge < -0.3 is 20.3 Å². The monoisotopic (exact) mass is 272 g/mol. The predicted molar refractivity (Wildman–Crippen MR) is 66.0 cm³/mol. The molecular weight excluding hydrogens is 264 g/mol. The van der Waals surface area contributed by atoms with Gasteiger partial charge in [-0.1, -0.05) is 22.9 Å². The fraction of sp³-hybridized carbons (Fsp3) is 0.300. The van der Waals surface area contributed by atoms with Crippen molar-refractivity contribution in [3.05, 3.63) is 11.1 Å². The van der Waals surface area contributed by atoms with Gasteiger partial charge in [-0.3, -0.25) is 0 Å². The number of hydrogen-bond acceptors (Lipinski definition) is 6. The van der Waals surface area contributed by atoms with E-state index in [1.807, 2.05) is 0 Å². The molecule has 5 nitrogen and oxygen atoms in total. The van der Waals surface area contributed by atoms with Crippen molar-refractivity contribution in [3.8, 4) is 11.5 Å². The van der Waals surface area contributed by atoms with Gasteiger partial charge in [-0.25, -0.2) is 4.98 Å². The molecule has 0 amide bonds. The zero-order valence-corrected chi connectivity index (χ0v) is 10.2. The molecule has 0 saturated heterocycles. The number of fused-ring (bicyclic) bond motifs is 3. The standard InChI is InChI=1S/C10H9ClN2O3S/c11-5-1-6-8(15-3-4(2-14)16-6)9-7(5)13-10(12)17-9/h1,4,14H,2-3H2,(H2,12,13)/t4-/m0/s1. The number of aliphatic hydroxyl groups excluding tert-OH is 1. The molecule has 0 saturated carbocycles. The van der Waals surface area contributed by atoms with E-state index in [4.69, 9.17) is 31.9 Å². The van der Waals surface area contributed by atoms with Crippen LogP contribution in [0.5, 0.6) is 11.5 Å². The van der Waals surface area contributed by atoms with Crippen LogP contribution >= 0.6 is 22.9 Å². The highest BCUT2D eigenvalue weighted by Gasteiger charge is 2.25. The Morgan fingerprint density at radius 2 is 2.47 bits per heavy atom. The van der Waals surface area contributed by atoms with Crippen LogP contribution < -0.4 is 15.2 Å². The van der Waals surface area contributed by atoms with E-state index in [-0.39, 0.29) is 12.7 Å². The van der Waals surface area contributed by atoms with Gasteiger partial charge in [-0.2, -0.15) is 0 Å². The van der Waals surface area contributed by atoms with Crippen molar-refractivity contribution in [1.82, 2.24) is 4.98 Å². The van der Waals surface area contributed by atoms with E-state index in [0.29, 0.717) is 33.8 Å². The maximum absolute atomic E-state index is 9.04. The molecule has 90 valence electrons. The molecule has 1 aliphatic rings. The van der Waals surface area contributed by atoms with E-state index in [1.54, 1.807) is 6.07 Å². The third-order valence-electron chi connectivity index (χ3n) is 2.47. The lowest BCUT2D eigenvalue weighted by molar-refractivity contribution is 0.0469. The van der Waals surface area contributed by atoms with Crippen LogP contribution in [-0.2, 0) is 0 Å². The number of hydrogen-bond donors (Lipinski definition) is 2. The van der Waals surface area contributed by atoms with Crippen LogP contribution in [0.25, 0.3) is 10.2 Å². The van der Waals surface area contributed by atoms with E-state index in [0.717, 1.165) is 4.70 Å². The largest absolute Gasteiger partial charge is 0.484 e. The van der Waals surface area contributed by atoms with Crippen molar-refractivity contribution in [3.63, 3.8) is 0 Å². The number of nitrogens with zero attached hydrogens (tertiary/aromatic N) is 1. The van der Waals surface area contributed by atoms with Crippen LogP contribution in [0, 0.1) is 0 Å². The molecule has 0 spiro atoms. The van der Waals surface area contributed by atoms with Gasteiger partial charge >= 0.3 is 0 Å². The van der Waals surface area contributed by atoms with Crippen molar-refractivity contribution in [2.24, 2.45) is 0 Å². The average Bonchev–Trinajstić information content (AvgIpc) is 2.71. The van der Waals surface area contributed by atoms with E-state index in [2.05, 4.69) is 4.98 Å². The number of nitrogens with two attached hydrogens (primary N) is 1. The van der Waals surface area contributed by atoms with Gasteiger partial charge in [0, 0.05) is 6.07 Å². The molecule has 0 fully saturated rings. The van der Waals surface area contributed by atoms with Gasteiger partial charge in [-0.15, -0.1) is 0 Å².